The number of methoxy groups -OCH3 is 1. The Kier molecular flexibility index (Phi) is 3.39. The molecule has 4 heteroatoms. The Morgan fingerprint density at radius 3 is 2.53 bits per heavy atom. The zero-order valence-electron chi connectivity index (χ0n) is 10.3. The highest BCUT2D eigenvalue weighted by atomic mass is 16.5. The first-order chi connectivity index (χ1) is 6.85. The van der Waals surface area contributed by atoms with Crippen LogP contribution in [0.25, 0.3) is 0 Å². The highest BCUT2D eigenvalue weighted by Crippen LogP contribution is 2.24. The Bertz CT molecular complexity index is 336. The van der Waals surface area contributed by atoms with Crippen molar-refractivity contribution in [3.05, 3.63) is 11.3 Å². The number of nitrogens with two attached hydrogens (primary N) is 1. The molecule has 0 saturated carbocycles. The molecule has 0 atom stereocenters. The van der Waals surface area contributed by atoms with Crippen molar-refractivity contribution in [2.45, 2.75) is 39.2 Å². The van der Waals surface area contributed by atoms with E-state index in [1.807, 2.05) is 27.8 Å². The van der Waals surface area contributed by atoms with Crippen molar-refractivity contribution in [1.29, 1.82) is 0 Å². The van der Waals surface area contributed by atoms with E-state index in [2.05, 4.69) is 5.10 Å². The van der Waals surface area contributed by atoms with Crippen LogP contribution in [-0.4, -0.2) is 22.4 Å². The number of rotatable bonds is 4. The van der Waals surface area contributed by atoms with Crippen LogP contribution < -0.4 is 10.5 Å². The summed E-state index contributed by atoms with van der Waals surface area (Å²) in [5.74, 6) is 0.844. The van der Waals surface area contributed by atoms with Gasteiger partial charge in [0.1, 0.15) is 0 Å². The van der Waals surface area contributed by atoms with Crippen molar-refractivity contribution in [1.82, 2.24) is 9.78 Å². The van der Waals surface area contributed by atoms with Gasteiger partial charge >= 0.3 is 0 Å². The van der Waals surface area contributed by atoms with Gasteiger partial charge in [-0.25, -0.2) is 4.68 Å². The van der Waals surface area contributed by atoms with Crippen molar-refractivity contribution in [2.24, 2.45) is 12.8 Å². The molecule has 0 radical (unpaired) electrons. The Morgan fingerprint density at radius 1 is 1.47 bits per heavy atom. The number of hydrogen-bond acceptors (Lipinski definition) is 3. The molecule has 0 fully saturated rings. The molecule has 1 rings (SSSR count). The maximum atomic E-state index is 5.96. The largest absolute Gasteiger partial charge is 0.481 e. The topological polar surface area (TPSA) is 53.1 Å². The fraction of sp³-hybridized carbons (Fsp3) is 0.727. The summed E-state index contributed by atoms with van der Waals surface area (Å²) in [6, 6.07) is 0. The Labute approximate surface area is 91.4 Å². The zero-order valence-corrected chi connectivity index (χ0v) is 10.3. The minimum absolute atomic E-state index is 0.146. The van der Waals surface area contributed by atoms with Crippen LogP contribution in [-0.2, 0) is 13.5 Å². The summed E-state index contributed by atoms with van der Waals surface area (Å²) in [7, 11) is 3.57. The molecule has 1 aromatic rings. The predicted molar refractivity (Wildman–Crippen MR) is 61.1 cm³/mol. The molecule has 1 aromatic heterocycles. The van der Waals surface area contributed by atoms with Crippen LogP contribution in [0.1, 0.15) is 31.5 Å². The first-order valence-corrected chi connectivity index (χ1v) is 5.20. The lowest BCUT2D eigenvalue weighted by Crippen LogP contribution is -2.32. The molecule has 0 aliphatic rings. The number of ether oxygens (including phenoxy) is 1. The van der Waals surface area contributed by atoms with E-state index in [1.165, 1.54) is 5.56 Å². The van der Waals surface area contributed by atoms with Gasteiger partial charge < -0.3 is 10.5 Å². The van der Waals surface area contributed by atoms with Gasteiger partial charge in [0.25, 0.3) is 0 Å². The summed E-state index contributed by atoms with van der Waals surface area (Å²) in [6.07, 6.45) is 1.84. The molecule has 0 aliphatic heterocycles. The molecule has 4 nitrogen and oxygen atoms in total. The smallest absolute Gasteiger partial charge is 0.214 e. The molecule has 0 spiro atoms. The number of hydrogen-bond donors (Lipinski definition) is 1. The second-order valence-electron chi connectivity index (χ2n) is 4.69. The third-order valence-corrected chi connectivity index (χ3v) is 2.50. The van der Waals surface area contributed by atoms with Gasteiger partial charge in [0.15, 0.2) is 0 Å². The highest BCUT2D eigenvalue weighted by Gasteiger charge is 2.17. The summed E-state index contributed by atoms with van der Waals surface area (Å²) >= 11 is 0. The first-order valence-electron chi connectivity index (χ1n) is 5.20. The third-order valence-electron chi connectivity index (χ3n) is 2.50. The summed E-state index contributed by atoms with van der Waals surface area (Å²) < 4.78 is 7.09. The summed E-state index contributed by atoms with van der Waals surface area (Å²) in [5.41, 5.74) is 8.01. The molecule has 0 unspecified atom stereocenters. The van der Waals surface area contributed by atoms with E-state index < -0.39 is 0 Å². The van der Waals surface area contributed by atoms with Crippen LogP contribution in [0.15, 0.2) is 0 Å². The van der Waals surface area contributed by atoms with Crippen molar-refractivity contribution in [3.8, 4) is 5.88 Å². The van der Waals surface area contributed by atoms with E-state index in [9.17, 15) is 0 Å². The second kappa shape index (κ2) is 4.23. The van der Waals surface area contributed by atoms with Crippen molar-refractivity contribution in [2.75, 3.05) is 7.11 Å². The predicted octanol–water partition coefficient (Wildman–Crippen LogP) is 1.41. The third kappa shape index (κ3) is 2.96. The molecule has 0 saturated heterocycles. The van der Waals surface area contributed by atoms with Gasteiger partial charge in [-0.05, 0) is 33.6 Å². The molecule has 0 aliphatic carbocycles. The molecule has 86 valence electrons. The van der Waals surface area contributed by atoms with Gasteiger partial charge in [-0.3, -0.25) is 0 Å². The van der Waals surface area contributed by atoms with Crippen LogP contribution in [0.3, 0.4) is 0 Å². The molecule has 0 bridgehead atoms. The van der Waals surface area contributed by atoms with Gasteiger partial charge in [0, 0.05) is 18.2 Å². The SMILES string of the molecule is COc1c(CCC(C)(C)N)c(C)nn1C. The van der Waals surface area contributed by atoms with Crippen molar-refractivity contribution >= 4 is 0 Å². The van der Waals surface area contributed by atoms with Crippen LogP contribution in [0.2, 0.25) is 0 Å². The van der Waals surface area contributed by atoms with Crippen molar-refractivity contribution in [3.63, 3.8) is 0 Å². The standard InChI is InChI=1S/C11H21N3O/c1-8-9(6-7-11(2,3)12)10(15-5)14(4)13-8/h6-7,12H2,1-5H3. The maximum absolute atomic E-state index is 5.96. The second-order valence-corrected chi connectivity index (χ2v) is 4.69. The maximum Gasteiger partial charge on any atom is 0.214 e. The van der Waals surface area contributed by atoms with E-state index in [4.69, 9.17) is 10.5 Å². The number of nitrogens with zero attached hydrogens (tertiary/aromatic N) is 2. The van der Waals surface area contributed by atoms with Gasteiger partial charge in [0.05, 0.1) is 12.8 Å². The van der Waals surface area contributed by atoms with Crippen LogP contribution >= 0.6 is 0 Å². The van der Waals surface area contributed by atoms with Gasteiger partial charge in [0.2, 0.25) is 5.88 Å². The minimum atomic E-state index is -0.146. The average molecular weight is 211 g/mol. The molecular formula is C11H21N3O. The quantitative estimate of drug-likeness (QED) is 0.819. The average Bonchev–Trinajstić information content (AvgIpc) is 2.35. The minimum Gasteiger partial charge on any atom is -0.481 e. The molecule has 2 N–H and O–H groups in total. The van der Waals surface area contributed by atoms with E-state index in [1.54, 1.807) is 11.8 Å². The lowest BCUT2D eigenvalue weighted by molar-refractivity contribution is 0.366. The van der Waals surface area contributed by atoms with Crippen LogP contribution in [0.5, 0.6) is 5.88 Å². The normalized spacial score (nSPS) is 11.9. The molecule has 0 aromatic carbocycles. The summed E-state index contributed by atoms with van der Waals surface area (Å²) in [4.78, 5) is 0. The molecule has 0 amide bonds. The zero-order chi connectivity index (χ0) is 11.6. The monoisotopic (exact) mass is 211 g/mol. The Balaban J connectivity index is 2.84. The van der Waals surface area contributed by atoms with Crippen LogP contribution in [0, 0.1) is 6.92 Å². The van der Waals surface area contributed by atoms with E-state index >= 15 is 0 Å². The molecule has 1 heterocycles. The van der Waals surface area contributed by atoms with Gasteiger partial charge in [-0.1, -0.05) is 0 Å². The van der Waals surface area contributed by atoms with E-state index in [0.29, 0.717) is 0 Å². The molecule has 15 heavy (non-hydrogen) atoms. The fourth-order valence-electron chi connectivity index (χ4n) is 1.67. The Morgan fingerprint density at radius 2 is 2.07 bits per heavy atom. The number of aryl methyl sites for hydroxylation is 2. The van der Waals surface area contributed by atoms with Gasteiger partial charge in [-0.2, -0.15) is 5.10 Å². The first kappa shape index (κ1) is 12.0. The summed E-state index contributed by atoms with van der Waals surface area (Å²) in [5, 5.41) is 4.33. The van der Waals surface area contributed by atoms with Gasteiger partial charge in [-0.15, -0.1) is 0 Å². The lowest BCUT2D eigenvalue weighted by atomic mass is 9.97. The summed E-state index contributed by atoms with van der Waals surface area (Å²) in [6.45, 7) is 6.07. The van der Waals surface area contributed by atoms with Crippen molar-refractivity contribution < 1.29 is 4.74 Å². The van der Waals surface area contributed by atoms with Crippen LogP contribution in [0.4, 0.5) is 0 Å². The fourth-order valence-corrected chi connectivity index (χ4v) is 1.67. The number of aromatic nitrogens is 2. The molecular weight excluding hydrogens is 190 g/mol. The van der Waals surface area contributed by atoms with E-state index in [-0.39, 0.29) is 5.54 Å². The highest BCUT2D eigenvalue weighted by molar-refractivity contribution is 5.31. The lowest BCUT2D eigenvalue weighted by Gasteiger charge is -2.18. The Hall–Kier alpha value is -1.03. The van der Waals surface area contributed by atoms with E-state index in [0.717, 1.165) is 24.4 Å².